The number of H-pyrrole nitrogens is 2. The minimum Gasteiger partial charge on any atom is -0.314 e. The quantitative estimate of drug-likeness (QED) is 0.523. The van der Waals surface area contributed by atoms with Crippen molar-refractivity contribution in [3.63, 3.8) is 0 Å². The van der Waals surface area contributed by atoms with Crippen molar-refractivity contribution in [2.24, 2.45) is 0 Å². The van der Waals surface area contributed by atoms with Gasteiger partial charge in [-0.1, -0.05) is 0 Å². The minimum atomic E-state index is -0.467. The van der Waals surface area contributed by atoms with E-state index in [0.29, 0.717) is 5.56 Å². The zero-order chi connectivity index (χ0) is 8.85. The van der Waals surface area contributed by atoms with Gasteiger partial charge in [0.1, 0.15) is 0 Å². The van der Waals surface area contributed by atoms with Crippen LogP contribution in [0.15, 0.2) is 28.9 Å². The van der Waals surface area contributed by atoms with E-state index in [9.17, 15) is 9.59 Å². The maximum absolute atomic E-state index is 10.6. The van der Waals surface area contributed by atoms with Crippen LogP contribution in [0.2, 0.25) is 0 Å². The van der Waals surface area contributed by atoms with Crippen molar-refractivity contribution in [3.05, 3.63) is 45.8 Å². The van der Waals surface area contributed by atoms with E-state index in [0.717, 1.165) is 0 Å². The van der Waals surface area contributed by atoms with Gasteiger partial charge >= 0.3 is 5.69 Å². The first-order valence-corrected chi connectivity index (χ1v) is 2.99. The fraction of sp³-hybridized carbons (Fsp3) is 0.143. The SMILES string of the molecule is C=C.Cc1c[nH]c(=O)[nH]c1=O. The summed E-state index contributed by atoms with van der Waals surface area (Å²) in [5, 5.41) is 0. The van der Waals surface area contributed by atoms with Gasteiger partial charge in [-0.3, -0.25) is 9.78 Å². The van der Waals surface area contributed by atoms with E-state index >= 15 is 0 Å². The average molecular weight is 154 g/mol. The number of aryl methyl sites for hydroxylation is 1. The van der Waals surface area contributed by atoms with Gasteiger partial charge in [0.2, 0.25) is 0 Å². The monoisotopic (exact) mass is 154 g/mol. The summed E-state index contributed by atoms with van der Waals surface area (Å²) in [4.78, 5) is 25.3. The van der Waals surface area contributed by atoms with Gasteiger partial charge in [0, 0.05) is 11.8 Å². The molecule has 0 spiro atoms. The van der Waals surface area contributed by atoms with Crippen molar-refractivity contribution >= 4 is 0 Å². The molecule has 1 aromatic heterocycles. The summed E-state index contributed by atoms with van der Waals surface area (Å²) in [6, 6.07) is 0. The fourth-order valence-electron chi connectivity index (χ4n) is 0.477. The van der Waals surface area contributed by atoms with E-state index in [1.165, 1.54) is 6.20 Å². The van der Waals surface area contributed by atoms with Crippen LogP contribution in [0.5, 0.6) is 0 Å². The molecule has 0 unspecified atom stereocenters. The molecule has 1 rings (SSSR count). The van der Waals surface area contributed by atoms with Gasteiger partial charge < -0.3 is 4.98 Å². The first-order valence-electron chi connectivity index (χ1n) is 2.99. The molecule has 4 nitrogen and oxygen atoms in total. The molecular weight excluding hydrogens is 144 g/mol. The van der Waals surface area contributed by atoms with Crippen LogP contribution >= 0.6 is 0 Å². The van der Waals surface area contributed by atoms with Crippen LogP contribution in [0.1, 0.15) is 5.56 Å². The molecule has 60 valence electrons. The van der Waals surface area contributed by atoms with Gasteiger partial charge in [-0.25, -0.2) is 4.79 Å². The maximum Gasteiger partial charge on any atom is 0.325 e. The number of aromatic nitrogens is 2. The smallest absolute Gasteiger partial charge is 0.314 e. The predicted octanol–water partition coefficient (Wildman–Crippen LogP) is 0.174. The molecule has 0 aliphatic carbocycles. The van der Waals surface area contributed by atoms with Crippen LogP contribution in [0.3, 0.4) is 0 Å². The highest BCUT2D eigenvalue weighted by Crippen LogP contribution is 1.73. The molecule has 1 aromatic rings. The van der Waals surface area contributed by atoms with Crippen LogP contribution in [0.4, 0.5) is 0 Å². The summed E-state index contributed by atoms with van der Waals surface area (Å²) in [6.07, 6.45) is 1.38. The summed E-state index contributed by atoms with van der Waals surface area (Å²) in [5.41, 5.74) is -0.293. The highest BCUT2D eigenvalue weighted by Gasteiger charge is 1.88. The third-order valence-corrected chi connectivity index (χ3v) is 1.00. The Morgan fingerprint density at radius 3 is 2.27 bits per heavy atom. The molecule has 0 aromatic carbocycles. The Morgan fingerprint density at radius 2 is 1.91 bits per heavy atom. The zero-order valence-electron chi connectivity index (χ0n) is 6.31. The zero-order valence-corrected chi connectivity index (χ0v) is 6.31. The summed E-state index contributed by atoms with van der Waals surface area (Å²) in [5.74, 6) is 0. The van der Waals surface area contributed by atoms with Crippen molar-refractivity contribution in [3.8, 4) is 0 Å². The number of nitrogens with one attached hydrogen (secondary N) is 2. The Labute approximate surface area is 63.6 Å². The van der Waals surface area contributed by atoms with E-state index in [1.54, 1.807) is 6.92 Å². The Hall–Kier alpha value is -1.58. The lowest BCUT2D eigenvalue weighted by atomic mass is 10.4. The third-order valence-electron chi connectivity index (χ3n) is 1.00. The molecule has 0 saturated carbocycles. The number of hydrogen-bond acceptors (Lipinski definition) is 2. The molecule has 0 fully saturated rings. The summed E-state index contributed by atoms with van der Waals surface area (Å²) in [7, 11) is 0. The predicted molar refractivity (Wildman–Crippen MR) is 43.7 cm³/mol. The lowest BCUT2D eigenvalue weighted by Crippen LogP contribution is -2.22. The van der Waals surface area contributed by atoms with E-state index < -0.39 is 5.69 Å². The molecule has 1 heterocycles. The normalized spacial score (nSPS) is 8.09. The second kappa shape index (κ2) is 4.27. The van der Waals surface area contributed by atoms with E-state index in [-0.39, 0.29) is 5.56 Å². The van der Waals surface area contributed by atoms with Gasteiger partial charge in [0.05, 0.1) is 0 Å². The standard InChI is InChI=1S/C5H6N2O2.C2H4/c1-3-2-6-5(9)7-4(3)8;1-2/h2H,1H3,(H2,6,7,8,9);1-2H2. The molecule has 2 N–H and O–H groups in total. The lowest BCUT2D eigenvalue weighted by molar-refractivity contribution is 1.01. The van der Waals surface area contributed by atoms with Crippen molar-refractivity contribution < 1.29 is 0 Å². The number of rotatable bonds is 0. The minimum absolute atomic E-state index is 0.334. The van der Waals surface area contributed by atoms with Crippen LogP contribution in [-0.4, -0.2) is 9.97 Å². The van der Waals surface area contributed by atoms with Crippen LogP contribution in [-0.2, 0) is 0 Å². The largest absolute Gasteiger partial charge is 0.325 e. The second-order valence-corrected chi connectivity index (χ2v) is 1.75. The molecule has 0 saturated heterocycles. The molecule has 4 heteroatoms. The van der Waals surface area contributed by atoms with Crippen LogP contribution in [0, 0.1) is 6.92 Å². The molecule has 0 amide bonds. The highest BCUT2D eigenvalue weighted by molar-refractivity contribution is 4.98. The van der Waals surface area contributed by atoms with E-state index in [1.807, 2.05) is 0 Å². The van der Waals surface area contributed by atoms with Crippen LogP contribution < -0.4 is 11.2 Å². The number of aromatic amines is 2. The molecular formula is C7H10N2O2. The molecule has 0 aliphatic rings. The summed E-state index contributed by atoms with van der Waals surface area (Å²) >= 11 is 0. The van der Waals surface area contributed by atoms with Crippen molar-refractivity contribution in [2.45, 2.75) is 6.92 Å². The van der Waals surface area contributed by atoms with Crippen molar-refractivity contribution in [2.75, 3.05) is 0 Å². The number of hydrogen-bond donors (Lipinski definition) is 2. The van der Waals surface area contributed by atoms with Gasteiger partial charge in [0.25, 0.3) is 5.56 Å². The van der Waals surface area contributed by atoms with Gasteiger partial charge in [-0.15, -0.1) is 13.2 Å². The Balaban J connectivity index is 0.000000461. The highest BCUT2D eigenvalue weighted by atomic mass is 16.2. The van der Waals surface area contributed by atoms with Gasteiger partial charge in [0.15, 0.2) is 0 Å². The first kappa shape index (κ1) is 9.42. The molecule has 0 aliphatic heterocycles. The Morgan fingerprint density at radius 1 is 1.36 bits per heavy atom. The molecule has 11 heavy (non-hydrogen) atoms. The van der Waals surface area contributed by atoms with Gasteiger partial charge in [-0.05, 0) is 6.92 Å². The first-order chi connectivity index (χ1) is 5.20. The molecule has 0 bridgehead atoms. The molecule has 0 radical (unpaired) electrons. The van der Waals surface area contributed by atoms with E-state index in [4.69, 9.17) is 0 Å². The lowest BCUT2D eigenvalue weighted by Gasteiger charge is -1.84. The fourth-order valence-corrected chi connectivity index (χ4v) is 0.477. The van der Waals surface area contributed by atoms with Crippen molar-refractivity contribution in [1.29, 1.82) is 0 Å². The third kappa shape index (κ3) is 2.66. The van der Waals surface area contributed by atoms with Gasteiger partial charge in [-0.2, -0.15) is 0 Å². The molecule has 0 atom stereocenters. The Kier molecular flexibility index (Phi) is 3.66. The summed E-state index contributed by atoms with van der Waals surface area (Å²) < 4.78 is 0. The second-order valence-electron chi connectivity index (χ2n) is 1.75. The summed E-state index contributed by atoms with van der Waals surface area (Å²) in [6.45, 7) is 7.62. The Bertz CT molecular complexity index is 324. The maximum atomic E-state index is 10.6. The topological polar surface area (TPSA) is 65.7 Å². The van der Waals surface area contributed by atoms with Crippen LogP contribution in [0.25, 0.3) is 0 Å². The van der Waals surface area contributed by atoms with Crippen molar-refractivity contribution in [1.82, 2.24) is 9.97 Å². The van der Waals surface area contributed by atoms with E-state index in [2.05, 4.69) is 23.1 Å². The average Bonchev–Trinajstić information content (AvgIpc) is 2.02.